The van der Waals surface area contributed by atoms with Crippen molar-refractivity contribution in [2.24, 2.45) is 0 Å². The second kappa shape index (κ2) is 3.53. The molecule has 0 unspecified atom stereocenters. The minimum atomic E-state index is 0.176. The van der Waals surface area contributed by atoms with Crippen LogP contribution in [0, 0.1) is 0 Å². The summed E-state index contributed by atoms with van der Waals surface area (Å²) in [6.45, 7) is 0. The van der Waals surface area contributed by atoms with Crippen LogP contribution in [0.25, 0.3) is 0 Å². The van der Waals surface area contributed by atoms with E-state index in [1.54, 1.807) is 14.2 Å². The summed E-state index contributed by atoms with van der Waals surface area (Å²) >= 11 is 1.27. The molecule has 0 spiro atoms. The number of carbonyl (C=O) groups excluding carboxylic acids is 1. The van der Waals surface area contributed by atoms with Crippen molar-refractivity contribution in [2.45, 2.75) is 11.3 Å². The molecule has 1 aliphatic rings. The SMILES string of the molecule is COc1cc2c(cc1OC)SC(=O)C2. The lowest BCUT2D eigenvalue weighted by molar-refractivity contribution is -0.110. The van der Waals surface area contributed by atoms with Gasteiger partial charge < -0.3 is 9.47 Å². The number of carbonyl (C=O) groups is 1. The molecule has 1 heterocycles. The van der Waals surface area contributed by atoms with Gasteiger partial charge in [-0.05, 0) is 17.7 Å². The van der Waals surface area contributed by atoms with Crippen LogP contribution < -0.4 is 9.47 Å². The molecular weight excluding hydrogens is 200 g/mol. The molecule has 0 aliphatic carbocycles. The van der Waals surface area contributed by atoms with Crippen molar-refractivity contribution in [3.05, 3.63) is 17.7 Å². The summed E-state index contributed by atoms with van der Waals surface area (Å²) < 4.78 is 10.3. The van der Waals surface area contributed by atoms with Crippen LogP contribution in [0.2, 0.25) is 0 Å². The van der Waals surface area contributed by atoms with Gasteiger partial charge >= 0.3 is 0 Å². The first-order valence-electron chi connectivity index (χ1n) is 4.20. The molecule has 0 saturated heterocycles. The predicted molar refractivity (Wildman–Crippen MR) is 54.1 cm³/mol. The second-order valence-corrected chi connectivity index (χ2v) is 4.07. The molecule has 0 N–H and O–H groups in total. The molecule has 1 aliphatic heterocycles. The van der Waals surface area contributed by atoms with E-state index in [1.807, 2.05) is 12.1 Å². The fourth-order valence-electron chi connectivity index (χ4n) is 1.45. The summed E-state index contributed by atoms with van der Waals surface area (Å²) in [7, 11) is 3.18. The molecule has 0 saturated carbocycles. The van der Waals surface area contributed by atoms with E-state index in [9.17, 15) is 4.79 Å². The van der Waals surface area contributed by atoms with E-state index in [2.05, 4.69) is 0 Å². The summed E-state index contributed by atoms with van der Waals surface area (Å²) in [5.74, 6) is 1.36. The Morgan fingerprint density at radius 1 is 1.21 bits per heavy atom. The van der Waals surface area contributed by atoms with Gasteiger partial charge in [0.05, 0.1) is 14.2 Å². The minimum Gasteiger partial charge on any atom is -0.493 e. The lowest BCUT2D eigenvalue weighted by Gasteiger charge is -2.08. The van der Waals surface area contributed by atoms with Crippen molar-refractivity contribution in [3.8, 4) is 11.5 Å². The van der Waals surface area contributed by atoms with Crippen LogP contribution in [-0.2, 0) is 11.2 Å². The highest BCUT2D eigenvalue weighted by Crippen LogP contribution is 2.40. The van der Waals surface area contributed by atoms with Crippen molar-refractivity contribution in [1.82, 2.24) is 0 Å². The number of ether oxygens (including phenoxy) is 2. The number of methoxy groups -OCH3 is 2. The standard InChI is InChI=1S/C10H10O3S/c1-12-7-3-6-4-10(11)14-9(6)5-8(7)13-2/h3,5H,4H2,1-2H3. The van der Waals surface area contributed by atoms with Crippen LogP contribution in [0.3, 0.4) is 0 Å². The Labute approximate surface area is 86.4 Å². The zero-order chi connectivity index (χ0) is 10.1. The van der Waals surface area contributed by atoms with E-state index < -0.39 is 0 Å². The summed E-state index contributed by atoms with van der Waals surface area (Å²) in [5.41, 5.74) is 1.03. The number of thioether (sulfide) groups is 1. The molecule has 14 heavy (non-hydrogen) atoms. The van der Waals surface area contributed by atoms with E-state index in [4.69, 9.17) is 9.47 Å². The Balaban J connectivity index is 2.48. The lowest BCUT2D eigenvalue weighted by Crippen LogP contribution is -1.92. The largest absolute Gasteiger partial charge is 0.493 e. The number of hydrogen-bond acceptors (Lipinski definition) is 4. The Kier molecular flexibility index (Phi) is 2.37. The molecule has 0 radical (unpaired) electrons. The van der Waals surface area contributed by atoms with Crippen molar-refractivity contribution in [2.75, 3.05) is 14.2 Å². The normalized spacial score (nSPS) is 14.0. The van der Waals surface area contributed by atoms with Gasteiger partial charge in [0.25, 0.3) is 0 Å². The van der Waals surface area contributed by atoms with Crippen LogP contribution in [0.15, 0.2) is 17.0 Å². The van der Waals surface area contributed by atoms with E-state index >= 15 is 0 Å². The monoisotopic (exact) mass is 210 g/mol. The third-order valence-corrected chi connectivity index (χ3v) is 3.10. The van der Waals surface area contributed by atoms with Gasteiger partial charge in [0.2, 0.25) is 0 Å². The van der Waals surface area contributed by atoms with Crippen molar-refractivity contribution >= 4 is 16.9 Å². The molecule has 3 nitrogen and oxygen atoms in total. The van der Waals surface area contributed by atoms with Gasteiger partial charge in [0, 0.05) is 11.3 Å². The van der Waals surface area contributed by atoms with Gasteiger partial charge in [-0.25, -0.2) is 0 Å². The molecule has 0 aromatic heterocycles. The van der Waals surface area contributed by atoms with Crippen LogP contribution in [-0.4, -0.2) is 19.3 Å². The molecule has 4 heteroatoms. The quantitative estimate of drug-likeness (QED) is 0.746. The van der Waals surface area contributed by atoms with E-state index in [0.29, 0.717) is 17.9 Å². The lowest BCUT2D eigenvalue weighted by atomic mass is 10.1. The minimum absolute atomic E-state index is 0.176. The van der Waals surface area contributed by atoms with Gasteiger partial charge in [-0.3, -0.25) is 4.79 Å². The highest BCUT2D eigenvalue weighted by molar-refractivity contribution is 8.14. The van der Waals surface area contributed by atoms with E-state index in [-0.39, 0.29) is 5.12 Å². The first-order valence-corrected chi connectivity index (χ1v) is 5.02. The molecule has 0 atom stereocenters. The van der Waals surface area contributed by atoms with Gasteiger partial charge in [-0.15, -0.1) is 0 Å². The maximum Gasteiger partial charge on any atom is 0.198 e. The van der Waals surface area contributed by atoms with Crippen LogP contribution in [0.4, 0.5) is 0 Å². The molecule has 1 aromatic carbocycles. The summed E-state index contributed by atoms with van der Waals surface area (Å²) in [4.78, 5) is 12.2. The predicted octanol–water partition coefficient (Wildman–Crippen LogP) is 1.88. The van der Waals surface area contributed by atoms with Crippen molar-refractivity contribution in [3.63, 3.8) is 0 Å². The molecule has 0 fully saturated rings. The third-order valence-electron chi connectivity index (χ3n) is 2.13. The van der Waals surface area contributed by atoms with E-state index in [0.717, 1.165) is 10.5 Å². The first-order chi connectivity index (χ1) is 6.74. The molecule has 0 amide bonds. The zero-order valence-electron chi connectivity index (χ0n) is 7.99. The maximum absolute atomic E-state index is 11.2. The molecule has 1 aromatic rings. The molecule has 2 rings (SSSR count). The van der Waals surface area contributed by atoms with Gasteiger partial charge in [0.15, 0.2) is 16.6 Å². The number of rotatable bonds is 2. The maximum atomic E-state index is 11.2. The van der Waals surface area contributed by atoms with Gasteiger partial charge in [-0.2, -0.15) is 0 Å². The second-order valence-electron chi connectivity index (χ2n) is 2.97. The van der Waals surface area contributed by atoms with Crippen LogP contribution in [0.5, 0.6) is 11.5 Å². The third kappa shape index (κ3) is 1.46. The highest BCUT2D eigenvalue weighted by Gasteiger charge is 2.22. The van der Waals surface area contributed by atoms with Crippen molar-refractivity contribution in [1.29, 1.82) is 0 Å². The fraction of sp³-hybridized carbons (Fsp3) is 0.300. The average molecular weight is 210 g/mol. The Hall–Kier alpha value is -1.16. The zero-order valence-corrected chi connectivity index (χ0v) is 8.81. The fourth-order valence-corrected chi connectivity index (χ4v) is 2.35. The Bertz CT molecular complexity index is 352. The number of benzene rings is 1. The molecule has 0 bridgehead atoms. The summed E-state index contributed by atoms with van der Waals surface area (Å²) in [6, 6.07) is 3.72. The number of fused-ring (bicyclic) bond motifs is 1. The van der Waals surface area contributed by atoms with Crippen molar-refractivity contribution < 1.29 is 14.3 Å². The Morgan fingerprint density at radius 3 is 2.50 bits per heavy atom. The molecule has 74 valence electrons. The van der Waals surface area contributed by atoms with E-state index in [1.165, 1.54) is 11.8 Å². The highest BCUT2D eigenvalue weighted by atomic mass is 32.2. The average Bonchev–Trinajstić information content (AvgIpc) is 2.54. The first kappa shape index (κ1) is 9.40. The van der Waals surface area contributed by atoms with Crippen LogP contribution >= 0.6 is 11.8 Å². The van der Waals surface area contributed by atoms with Gasteiger partial charge in [-0.1, -0.05) is 11.8 Å². The molecular formula is C10H10O3S. The summed E-state index contributed by atoms with van der Waals surface area (Å²) in [6.07, 6.45) is 0.486. The van der Waals surface area contributed by atoms with Crippen LogP contribution in [0.1, 0.15) is 5.56 Å². The number of hydrogen-bond donors (Lipinski definition) is 0. The topological polar surface area (TPSA) is 35.5 Å². The smallest absolute Gasteiger partial charge is 0.198 e. The Morgan fingerprint density at radius 2 is 1.86 bits per heavy atom. The van der Waals surface area contributed by atoms with Gasteiger partial charge in [0.1, 0.15) is 0 Å². The summed E-state index contributed by atoms with van der Waals surface area (Å²) in [5, 5.41) is 0.176.